The summed E-state index contributed by atoms with van der Waals surface area (Å²) in [7, 11) is 0. The fraction of sp³-hybridized carbons (Fsp3) is 0.833. The number of ketones is 1. The summed E-state index contributed by atoms with van der Waals surface area (Å²) in [5.41, 5.74) is 0.594. The van der Waals surface area contributed by atoms with Crippen molar-refractivity contribution in [1.82, 2.24) is 0 Å². The fourth-order valence-electron chi connectivity index (χ4n) is 1.32. The fourth-order valence-corrected chi connectivity index (χ4v) is 1.32. The first-order chi connectivity index (χ1) is 3.31. The van der Waals surface area contributed by atoms with E-state index < -0.39 is 0 Å². The average Bonchev–Trinajstić information content (AvgIpc) is 2.14. The van der Waals surface area contributed by atoms with Gasteiger partial charge in [-0.05, 0) is 18.3 Å². The Morgan fingerprint density at radius 2 is 1.86 bits per heavy atom. The molecule has 1 spiro atoms. The van der Waals surface area contributed by atoms with Gasteiger partial charge in [-0.15, -0.1) is 0 Å². The molecule has 2 aliphatic rings. The Kier molecular flexibility index (Phi) is 0.401. The molecular formula is C6H8O. The molecule has 2 aliphatic carbocycles. The summed E-state index contributed by atoms with van der Waals surface area (Å²) in [6.07, 6.45) is 4.48. The number of carbonyl (C=O) groups excluding carboxylic acids is 1. The lowest BCUT2D eigenvalue weighted by Crippen LogP contribution is -2.23. The van der Waals surface area contributed by atoms with Gasteiger partial charge in [0.15, 0.2) is 0 Å². The number of hydrogen-bond acceptors (Lipinski definition) is 1. The molecule has 7 heavy (non-hydrogen) atoms. The van der Waals surface area contributed by atoms with Crippen molar-refractivity contribution >= 4 is 5.78 Å². The quantitative estimate of drug-likeness (QED) is 0.441. The first kappa shape index (κ1) is 3.65. The minimum absolute atomic E-state index is 0.484. The molecule has 1 heteroatoms. The molecule has 0 aromatic rings. The lowest BCUT2D eigenvalue weighted by Gasteiger charge is -2.22. The van der Waals surface area contributed by atoms with E-state index in [9.17, 15) is 4.79 Å². The Morgan fingerprint density at radius 3 is 2.00 bits per heavy atom. The topological polar surface area (TPSA) is 17.1 Å². The molecule has 0 N–H and O–H groups in total. The van der Waals surface area contributed by atoms with Gasteiger partial charge in [-0.1, -0.05) is 0 Å². The Morgan fingerprint density at radius 1 is 1.29 bits per heavy atom. The van der Waals surface area contributed by atoms with E-state index in [1.165, 1.54) is 12.8 Å². The van der Waals surface area contributed by atoms with Crippen LogP contribution < -0.4 is 0 Å². The van der Waals surface area contributed by atoms with Crippen molar-refractivity contribution in [3.05, 3.63) is 0 Å². The van der Waals surface area contributed by atoms with Gasteiger partial charge in [0, 0.05) is 12.8 Å². The number of Topliss-reactive ketones (excluding diaryl/α,β-unsaturated/α-hetero) is 1. The van der Waals surface area contributed by atoms with Crippen molar-refractivity contribution in [3.8, 4) is 0 Å². The molecule has 0 atom stereocenters. The van der Waals surface area contributed by atoms with Gasteiger partial charge in [-0.3, -0.25) is 4.79 Å². The van der Waals surface area contributed by atoms with Crippen molar-refractivity contribution < 1.29 is 4.79 Å². The summed E-state index contributed by atoms with van der Waals surface area (Å²) in [6.45, 7) is 0. The van der Waals surface area contributed by atoms with Crippen molar-refractivity contribution in [2.75, 3.05) is 0 Å². The van der Waals surface area contributed by atoms with Crippen LogP contribution in [0.2, 0.25) is 0 Å². The smallest absolute Gasteiger partial charge is 0.134 e. The van der Waals surface area contributed by atoms with Gasteiger partial charge in [0.05, 0.1) is 0 Å². The maximum absolute atomic E-state index is 10.4. The number of rotatable bonds is 0. The highest BCUT2D eigenvalue weighted by Gasteiger charge is 2.52. The van der Waals surface area contributed by atoms with E-state index in [1.807, 2.05) is 0 Å². The summed E-state index contributed by atoms with van der Waals surface area (Å²) in [6, 6.07) is 0. The zero-order valence-electron chi connectivity index (χ0n) is 4.24. The molecule has 0 radical (unpaired) electrons. The van der Waals surface area contributed by atoms with Crippen LogP contribution in [0.4, 0.5) is 0 Å². The lowest BCUT2D eigenvalue weighted by atomic mass is 9.81. The van der Waals surface area contributed by atoms with E-state index >= 15 is 0 Å². The highest BCUT2D eigenvalue weighted by atomic mass is 16.1. The Bertz CT molecular complexity index is 112. The monoisotopic (exact) mass is 96.1 g/mol. The third kappa shape index (κ3) is 0.355. The Labute approximate surface area is 42.7 Å². The molecule has 0 aromatic carbocycles. The summed E-state index contributed by atoms with van der Waals surface area (Å²) in [5, 5.41) is 0. The molecule has 0 aromatic heterocycles. The third-order valence-electron chi connectivity index (χ3n) is 2.10. The maximum Gasteiger partial charge on any atom is 0.134 e. The second kappa shape index (κ2) is 0.770. The maximum atomic E-state index is 10.4. The third-order valence-corrected chi connectivity index (χ3v) is 2.10. The van der Waals surface area contributed by atoms with E-state index in [0.29, 0.717) is 11.2 Å². The second-order valence-corrected chi connectivity index (χ2v) is 2.89. The van der Waals surface area contributed by atoms with Crippen LogP contribution in [0.15, 0.2) is 0 Å². The summed E-state index contributed by atoms with van der Waals surface area (Å²) >= 11 is 0. The molecule has 2 fully saturated rings. The summed E-state index contributed by atoms with van der Waals surface area (Å²) in [4.78, 5) is 10.4. The molecule has 0 unspecified atom stereocenters. The molecule has 0 amide bonds. The van der Waals surface area contributed by atoms with Crippen LogP contribution in [0.5, 0.6) is 0 Å². The highest BCUT2D eigenvalue weighted by molar-refractivity contribution is 5.87. The van der Waals surface area contributed by atoms with E-state index in [1.54, 1.807) is 0 Å². The molecule has 0 heterocycles. The van der Waals surface area contributed by atoms with Gasteiger partial charge in [0.25, 0.3) is 0 Å². The summed E-state index contributed by atoms with van der Waals surface area (Å²) in [5.74, 6) is 0.484. The van der Waals surface area contributed by atoms with E-state index in [4.69, 9.17) is 0 Å². The van der Waals surface area contributed by atoms with Crippen LogP contribution in [0.3, 0.4) is 0 Å². The second-order valence-electron chi connectivity index (χ2n) is 2.89. The van der Waals surface area contributed by atoms with Crippen molar-refractivity contribution in [3.63, 3.8) is 0 Å². The van der Waals surface area contributed by atoms with Crippen LogP contribution in [0, 0.1) is 5.41 Å². The van der Waals surface area contributed by atoms with E-state index in [2.05, 4.69) is 0 Å². The first-order valence-corrected chi connectivity index (χ1v) is 2.83. The Hall–Kier alpha value is -0.330. The van der Waals surface area contributed by atoms with Crippen molar-refractivity contribution in [1.29, 1.82) is 0 Å². The average molecular weight is 96.1 g/mol. The first-order valence-electron chi connectivity index (χ1n) is 2.83. The zero-order valence-corrected chi connectivity index (χ0v) is 4.24. The molecule has 0 bridgehead atoms. The lowest BCUT2D eigenvalue weighted by molar-refractivity contribution is -0.127. The predicted molar refractivity (Wildman–Crippen MR) is 25.9 cm³/mol. The minimum Gasteiger partial charge on any atom is -0.300 e. The molecule has 1 nitrogen and oxygen atoms in total. The van der Waals surface area contributed by atoms with Gasteiger partial charge < -0.3 is 0 Å². The van der Waals surface area contributed by atoms with Gasteiger partial charge in [-0.2, -0.15) is 0 Å². The van der Waals surface area contributed by atoms with Crippen LogP contribution in [-0.4, -0.2) is 5.78 Å². The SMILES string of the molecule is O=C1CC2(CC2)C1. The van der Waals surface area contributed by atoms with Gasteiger partial charge in [-0.25, -0.2) is 0 Å². The molecule has 0 aliphatic heterocycles. The normalized spacial score (nSPS) is 32.9. The number of hydrogen-bond donors (Lipinski definition) is 0. The van der Waals surface area contributed by atoms with Crippen LogP contribution in [0.1, 0.15) is 25.7 Å². The largest absolute Gasteiger partial charge is 0.300 e. The van der Waals surface area contributed by atoms with Gasteiger partial charge in [0.2, 0.25) is 0 Å². The highest BCUT2D eigenvalue weighted by Crippen LogP contribution is 2.58. The summed E-state index contributed by atoms with van der Waals surface area (Å²) < 4.78 is 0. The number of carbonyl (C=O) groups is 1. The van der Waals surface area contributed by atoms with Crippen molar-refractivity contribution in [2.24, 2.45) is 5.41 Å². The molecular weight excluding hydrogens is 88.1 g/mol. The predicted octanol–water partition coefficient (Wildman–Crippen LogP) is 1.13. The Balaban J connectivity index is 2.09. The molecule has 38 valence electrons. The van der Waals surface area contributed by atoms with Gasteiger partial charge in [0.1, 0.15) is 5.78 Å². The standard InChI is InChI=1S/C6H8O/c7-5-3-6(4-5)1-2-6/h1-4H2. The van der Waals surface area contributed by atoms with Crippen LogP contribution in [-0.2, 0) is 4.79 Å². The van der Waals surface area contributed by atoms with Crippen LogP contribution in [0.25, 0.3) is 0 Å². The van der Waals surface area contributed by atoms with Gasteiger partial charge >= 0.3 is 0 Å². The molecule has 2 saturated carbocycles. The van der Waals surface area contributed by atoms with Crippen LogP contribution >= 0.6 is 0 Å². The minimum atomic E-state index is 0.484. The van der Waals surface area contributed by atoms with E-state index in [-0.39, 0.29) is 0 Å². The van der Waals surface area contributed by atoms with E-state index in [0.717, 1.165) is 12.8 Å². The zero-order chi connectivity index (χ0) is 4.91. The molecule has 0 saturated heterocycles. The molecule has 2 rings (SSSR count). The van der Waals surface area contributed by atoms with Crippen molar-refractivity contribution in [2.45, 2.75) is 25.7 Å².